The first-order valence-electron chi connectivity index (χ1n) is 11.0. The first-order chi connectivity index (χ1) is 15.1. The standard InChI is InChI=1S/C25H35N3O4/c1-17-12-20(27-8-10-31-11-9-27)14-21(13-17)28(24(29)32-25(4,5)6)16-22-19(3)23(30-7)18(2)15-26-22/h12-15H,8-11,16H2,1-7H3. The summed E-state index contributed by atoms with van der Waals surface area (Å²) < 4.78 is 16.8. The molecule has 1 amide bonds. The Bertz CT molecular complexity index is 962. The monoisotopic (exact) mass is 441 g/mol. The van der Waals surface area contributed by atoms with Crippen LogP contribution >= 0.6 is 0 Å². The van der Waals surface area contributed by atoms with E-state index >= 15 is 0 Å². The number of rotatable bonds is 5. The van der Waals surface area contributed by atoms with Gasteiger partial charge in [-0.2, -0.15) is 0 Å². The molecular weight excluding hydrogens is 406 g/mol. The molecule has 3 rings (SSSR count). The molecule has 7 nitrogen and oxygen atoms in total. The molecule has 0 N–H and O–H groups in total. The number of aryl methyl sites for hydroxylation is 2. The van der Waals surface area contributed by atoms with Crippen LogP contribution in [0.4, 0.5) is 16.2 Å². The zero-order valence-electron chi connectivity index (χ0n) is 20.3. The second kappa shape index (κ2) is 9.77. The lowest BCUT2D eigenvalue weighted by Gasteiger charge is -2.32. The van der Waals surface area contributed by atoms with Gasteiger partial charge >= 0.3 is 6.09 Å². The van der Waals surface area contributed by atoms with E-state index in [1.165, 1.54) is 0 Å². The minimum Gasteiger partial charge on any atom is -0.496 e. The van der Waals surface area contributed by atoms with Crippen molar-refractivity contribution in [1.29, 1.82) is 0 Å². The summed E-state index contributed by atoms with van der Waals surface area (Å²) in [7, 11) is 1.65. The Morgan fingerprint density at radius 1 is 1.16 bits per heavy atom. The number of methoxy groups -OCH3 is 1. The maximum Gasteiger partial charge on any atom is 0.415 e. The van der Waals surface area contributed by atoms with E-state index in [9.17, 15) is 4.79 Å². The predicted octanol–water partition coefficient (Wildman–Crippen LogP) is 4.79. The topological polar surface area (TPSA) is 64.1 Å². The van der Waals surface area contributed by atoms with E-state index in [0.29, 0.717) is 13.2 Å². The van der Waals surface area contributed by atoms with Crippen LogP contribution in [-0.2, 0) is 16.0 Å². The van der Waals surface area contributed by atoms with Crippen LogP contribution in [0.15, 0.2) is 24.4 Å². The SMILES string of the molecule is COc1c(C)cnc(CN(C(=O)OC(C)(C)C)c2cc(C)cc(N3CCOCC3)c2)c1C. The van der Waals surface area contributed by atoms with E-state index in [0.717, 1.165) is 52.6 Å². The van der Waals surface area contributed by atoms with E-state index in [2.05, 4.69) is 16.0 Å². The Morgan fingerprint density at radius 3 is 2.47 bits per heavy atom. The highest BCUT2D eigenvalue weighted by Gasteiger charge is 2.26. The third kappa shape index (κ3) is 5.71. The number of anilines is 2. The highest BCUT2D eigenvalue weighted by atomic mass is 16.6. The van der Waals surface area contributed by atoms with Gasteiger partial charge in [-0.1, -0.05) is 0 Å². The van der Waals surface area contributed by atoms with Gasteiger partial charge in [0.15, 0.2) is 0 Å². The van der Waals surface area contributed by atoms with Gasteiger partial charge in [0.25, 0.3) is 0 Å². The Balaban J connectivity index is 2.02. The molecule has 0 spiro atoms. The molecule has 0 atom stereocenters. The number of nitrogens with zero attached hydrogens (tertiary/aromatic N) is 3. The van der Waals surface area contributed by atoms with Crippen molar-refractivity contribution < 1.29 is 19.0 Å². The number of aromatic nitrogens is 1. The first kappa shape index (κ1) is 23.9. The van der Waals surface area contributed by atoms with Crippen LogP contribution in [0.2, 0.25) is 0 Å². The number of ether oxygens (including phenoxy) is 3. The summed E-state index contributed by atoms with van der Waals surface area (Å²) in [6.07, 6.45) is 1.38. The lowest BCUT2D eigenvalue weighted by Crippen LogP contribution is -2.38. The molecule has 2 heterocycles. The molecule has 1 aliphatic rings. The molecule has 1 aliphatic heterocycles. The van der Waals surface area contributed by atoms with Crippen molar-refractivity contribution in [2.24, 2.45) is 0 Å². The average Bonchev–Trinajstić information content (AvgIpc) is 2.72. The summed E-state index contributed by atoms with van der Waals surface area (Å²) in [4.78, 5) is 21.9. The van der Waals surface area contributed by atoms with Gasteiger partial charge in [-0.3, -0.25) is 9.88 Å². The second-order valence-electron chi connectivity index (χ2n) is 9.24. The van der Waals surface area contributed by atoms with E-state index in [-0.39, 0.29) is 6.54 Å². The number of pyridine rings is 1. The third-order valence-electron chi connectivity index (χ3n) is 5.41. The summed E-state index contributed by atoms with van der Waals surface area (Å²) >= 11 is 0. The summed E-state index contributed by atoms with van der Waals surface area (Å²) in [6.45, 7) is 14.9. The number of hydrogen-bond donors (Lipinski definition) is 0. The molecule has 7 heteroatoms. The van der Waals surface area contributed by atoms with Gasteiger partial charge in [-0.05, 0) is 65.3 Å². The highest BCUT2D eigenvalue weighted by Crippen LogP contribution is 2.30. The van der Waals surface area contributed by atoms with Crippen LogP contribution in [-0.4, -0.2) is 50.1 Å². The average molecular weight is 442 g/mol. The van der Waals surface area contributed by atoms with Crippen molar-refractivity contribution in [1.82, 2.24) is 4.98 Å². The molecule has 1 fully saturated rings. The number of hydrogen-bond acceptors (Lipinski definition) is 6. The van der Waals surface area contributed by atoms with Gasteiger partial charge in [0.1, 0.15) is 11.4 Å². The van der Waals surface area contributed by atoms with Crippen molar-refractivity contribution in [2.75, 3.05) is 43.2 Å². The number of benzene rings is 1. The van der Waals surface area contributed by atoms with Gasteiger partial charge in [0, 0.05) is 41.8 Å². The van der Waals surface area contributed by atoms with Crippen molar-refractivity contribution in [3.8, 4) is 5.75 Å². The summed E-state index contributed by atoms with van der Waals surface area (Å²) in [5.41, 5.74) is 4.96. The molecule has 0 unspecified atom stereocenters. The van der Waals surface area contributed by atoms with Crippen LogP contribution < -0.4 is 14.5 Å². The quantitative estimate of drug-likeness (QED) is 0.665. The van der Waals surface area contributed by atoms with Gasteiger partial charge in [0.05, 0.1) is 32.6 Å². The lowest BCUT2D eigenvalue weighted by molar-refractivity contribution is 0.0577. The smallest absolute Gasteiger partial charge is 0.415 e. The van der Waals surface area contributed by atoms with Gasteiger partial charge < -0.3 is 19.1 Å². The molecule has 0 bridgehead atoms. The number of amides is 1. The molecule has 32 heavy (non-hydrogen) atoms. The molecule has 0 aliphatic carbocycles. The molecular formula is C25H35N3O4. The molecule has 1 saturated heterocycles. The zero-order valence-corrected chi connectivity index (χ0v) is 20.3. The maximum atomic E-state index is 13.3. The van der Waals surface area contributed by atoms with Gasteiger partial charge in [-0.15, -0.1) is 0 Å². The van der Waals surface area contributed by atoms with Crippen molar-refractivity contribution in [2.45, 2.75) is 53.7 Å². The maximum absolute atomic E-state index is 13.3. The zero-order chi connectivity index (χ0) is 23.5. The Hall–Kier alpha value is -2.80. The molecule has 0 radical (unpaired) electrons. The second-order valence-corrected chi connectivity index (χ2v) is 9.24. The van der Waals surface area contributed by atoms with E-state index in [1.54, 1.807) is 18.2 Å². The normalized spacial score (nSPS) is 14.3. The highest BCUT2D eigenvalue weighted by molar-refractivity contribution is 5.89. The largest absolute Gasteiger partial charge is 0.496 e. The minimum absolute atomic E-state index is 0.281. The van der Waals surface area contributed by atoms with Crippen molar-refractivity contribution >= 4 is 17.5 Å². The van der Waals surface area contributed by atoms with Crippen LogP contribution in [0.25, 0.3) is 0 Å². The van der Waals surface area contributed by atoms with Crippen molar-refractivity contribution in [3.63, 3.8) is 0 Å². The van der Waals surface area contributed by atoms with Crippen LogP contribution in [0.1, 0.15) is 43.2 Å². The van der Waals surface area contributed by atoms with Gasteiger partial charge in [-0.25, -0.2) is 4.79 Å². The number of carbonyl (C=O) groups is 1. The molecule has 0 saturated carbocycles. The molecule has 1 aromatic heterocycles. The van der Waals surface area contributed by atoms with Crippen LogP contribution in [0.3, 0.4) is 0 Å². The fraction of sp³-hybridized carbons (Fsp3) is 0.520. The minimum atomic E-state index is -0.611. The fourth-order valence-electron chi connectivity index (χ4n) is 3.86. The first-order valence-corrected chi connectivity index (χ1v) is 11.0. The van der Waals surface area contributed by atoms with E-state index < -0.39 is 11.7 Å². The fourth-order valence-corrected chi connectivity index (χ4v) is 3.86. The summed E-state index contributed by atoms with van der Waals surface area (Å²) in [5, 5.41) is 0. The summed E-state index contributed by atoms with van der Waals surface area (Å²) in [6, 6.07) is 6.19. The van der Waals surface area contributed by atoms with E-state index in [1.807, 2.05) is 53.7 Å². The Labute approximate surface area is 191 Å². The predicted molar refractivity (Wildman–Crippen MR) is 127 cm³/mol. The molecule has 1 aromatic carbocycles. The molecule has 2 aromatic rings. The Morgan fingerprint density at radius 2 is 1.84 bits per heavy atom. The Kier molecular flexibility index (Phi) is 7.29. The third-order valence-corrected chi connectivity index (χ3v) is 5.41. The van der Waals surface area contributed by atoms with Crippen LogP contribution in [0.5, 0.6) is 5.75 Å². The molecule has 174 valence electrons. The van der Waals surface area contributed by atoms with Crippen molar-refractivity contribution in [3.05, 3.63) is 46.8 Å². The lowest BCUT2D eigenvalue weighted by atomic mass is 10.1. The van der Waals surface area contributed by atoms with Gasteiger partial charge in [0.2, 0.25) is 0 Å². The van der Waals surface area contributed by atoms with Crippen LogP contribution in [0, 0.1) is 20.8 Å². The number of carbonyl (C=O) groups excluding carboxylic acids is 1. The summed E-state index contributed by atoms with van der Waals surface area (Å²) in [5.74, 6) is 0.789. The number of morpholine rings is 1. The van der Waals surface area contributed by atoms with E-state index in [4.69, 9.17) is 14.2 Å².